The van der Waals surface area contributed by atoms with Gasteiger partial charge in [0.05, 0.1) is 25.5 Å². The largest absolute Gasteiger partial charge is 0.479 e. The second kappa shape index (κ2) is 8.48. The summed E-state index contributed by atoms with van der Waals surface area (Å²) in [5.41, 5.74) is 1.70. The highest BCUT2D eigenvalue weighted by molar-refractivity contribution is 9.11. The van der Waals surface area contributed by atoms with Crippen molar-refractivity contribution in [1.29, 1.82) is 5.26 Å². The number of allylic oxidation sites excluding steroid dienone is 1. The molecule has 0 amide bonds. The van der Waals surface area contributed by atoms with Crippen LogP contribution in [0.3, 0.4) is 0 Å². The molecule has 0 N–H and O–H groups in total. The molecule has 0 atom stereocenters. The molecule has 0 saturated heterocycles. The summed E-state index contributed by atoms with van der Waals surface area (Å²) in [5.74, 6) is 2.97. The van der Waals surface area contributed by atoms with Crippen LogP contribution in [0.2, 0.25) is 0 Å². The molecule has 0 unspecified atom stereocenters. The molecule has 0 aliphatic rings. The van der Waals surface area contributed by atoms with Crippen LogP contribution in [0.4, 0.5) is 5.69 Å². The lowest BCUT2D eigenvalue weighted by atomic mass is 10.0. The fraction of sp³-hybridized carbons (Fsp3) is 0.0556. The van der Waals surface area contributed by atoms with Crippen LogP contribution >= 0.6 is 31.9 Å². The SMILES string of the molecule is C#CCOc1c(Br)cc(/C=C(\C#N)c2ccc([N+](=O)[O-])cc2)cc1Br. The summed E-state index contributed by atoms with van der Waals surface area (Å²) >= 11 is 6.82. The van der Waals surface area contributed by atoms with Crippen molar-refractivity contribution in [2.75, 3.05) is 6.61 Å². The Labute approximate surface area is 161 Å². The lowest BCUT2D eigenvalue weighted by Crippen LogP contribution is -1.96. The van der Waals surface area contributed by atoms with E-state index in [4.69, 9.17) is 11.2 Å². The second-order valence-corrected chi connectivity index (χ2v) is 6.49. The van der Waals surface area contributed by atoms with Gasteiger partial charge in [0.1, 0.15) is 12.4 Å². The van der Waals surface area contributed by atoms with Crippen LogP contribution in [-0.2, 0) is 0 Å². The maximum Gasteiger partial charge on any atom is 0.269 e. The number of hydrogen-bond acceptors (Lipinski definition) is 4. The molecule has 2 aromatic carbocycles. The standard InChI is InChI=1S/C18H10Br2N2O3/c1-2-7-25-18-16(19)9-12(10-17(18)20)8-14(11-21)13-3-5-15(6-4-13)22(23)24/h1,3-6,8-10H,7H2/b14-8+. The van der Waals surface area contributed by atoms with Crippen LogP contribution in [0.1, 0.15) is 11.1 Å². The minimum atomic E-state index is -0.483. The van der Waals surface area contributed by atoms with E-state index in [1.165, 1.54) is 12.1 Å². The fourth-order valence-electron chi connectivity index (χ4n) is 2.02. The third-order valence-corrected chi connectivity index (χ3v) is 4.32. The molecule has 0 aliphatic heterocycles. The van der Waals surface area contributed by atoms with Crippen molar-refractivity contribution in [3.05, 3.63) is 66.6 Å². The van der Waals surface area contributed by atoms with E-state index in [0.29, 0.717) is 25.8 Å². The van der Waals surface area contributed by atoms with Crippen molar-refractivity contribution in [1.82, 2.24) is 0 Å². The summed E-state index contributed by atoms with van der Waals surface area (Å²) in [6, 6.07) is 11.5. The Kier molecular flexibility index (Phi) is 6.35. The first kappa shape index (κ1) is 18.7. The van der Waals surface area contributed by atoms with Gasteiger partial charge in [0.25, 0.3) is 5.69 Å². The zero-order valence-corrected chi connectivity index (χ0v) is 15.9. The summed E-state index contributed by atoms with van der Waals surface area (Å²) in [5, 5.41) is 20.1. The van der Waals surface area contributed by atoms with E-state index in [2.05, 4.69) is 43.8 Å². The van der Waals surface area contributed by atoms with Crippen molar-refractivity contribution < 1.29 is 9.66 Å². The van der Waals surface area contributed by atoms with Gasteiger partial charge >= 0.3 is 0 Å². The summed E-state index contributed by atoms with van der Waals surface area (Å²) in [6.45, 7) is 0.138. The number of ether oxygens (including phenoxy) is 1. The maximum atomic E-state index is 10.7. The Bertz CT molecular complexity index is 900. The van der Waals surface area contributed by atoms with Gasteiger partial charge in [-0.3, -0.25) is 10.1 Å². The van der Waals surface area contributed by atoms with Crippen LogP contribution in [-0.4, -0.2) is 11.5 Å². The average molecular weight is 462 g/mol. The topological polar surface area (TPSA) is 76.2 Å². The third-order valence-electron chi connectivity index (χ3n) is 3.14. The van der Waals surface area contributed by atoms with Gasteiger partial charge in [-0.15, -0.1) is 6.42 Å². The number of nitro benzene ring substituents is 1. The zero-order valence-electron chi connectivity index (χ0n) is 12.7. The Morgan fingerprint density at radius 1 is 1.28 bits per heavy atom. The number of nitro groups is 1. The van der Waals surface area contributed by atoms with Crippen molar-refractivity contribution in [3.63, 3.8) is 0 Å². The normalized spacial score (nSPS) is 10.6. The molecule has 0 aromatic heterocycles. The van der Waals surface area contributed by atoms with Crippen LogP contribution < -0.4 is 4.74 Å². The highest BCUT2D eigenvalue weighted by Gasteiger charge is 2.10. The van der Waals surface area contributed by atoms with Crippen molar-refractivity contribution in [2.45, 2.75) is 0 Å². The van der Waals surface area contributed by atoms with Gasteiger partial charge in [0.2, 0.25) is 0 Å². The fourth-order valence-corrected chi connectivity index (χ4v) is 3.47. The van der Waals surface area contributed by atoms with Gasteiger partial charge in [0.15, 0.2) is 0 Å². The summed E-state index contributed by atoms with van der Waals surface area (Å²) in [4.78, 5) is 10.2. The molecule has 0 fully saturated rings. The van der Waals surface area contributed by atoms with E-state index in [1.54, 1.807) is 30.3 Å². The number of non-ortho nitro benzene ring substituents is 1. The number of nitrogens with zero attached hydrogens (tertiary/aromatic N) is 2. The van der Waals surface area contributed by atoms with E-state index < -0.39 is 4.92 Å². The Morgan fingerprint density at radius 2 is 1.88 bits per heavy atom. The van der Waals surface area contributed by atoms with Gasteiger partial charge in [-0.1, -0.05) is 5.92 Å². The molecule has 25 heavy (non-hydrogen) atoms. The molecule has 0 spiro atoms. The molecule has 0 bridgehead atoms. The summed E-state index contributed by atoms with van der Waals surface area (Å²) < 4.78 is 6.81. The lowest BCUT2D eigenvalue weighted by Gasteiger charge is -2.09. The Balaban J connectivity index is 2.38. The van der Waals surface area contributed by atoms with Gasteiger partial charge < -0.3 is 4.74 Å². The number of hydrogen-bond donors (Lipinski definition) is 0. The highest BCUT2D eigenvalue weighted by Crippen LogP contribution is 2.35. The van der Waals surface area contributed by atoms with E-state index >= 15 is 0 Å². The Hall–Kier alpha value is -2.61. The summed E-state index contributed by atoms with van der Waals surface area (Å²) in [7, 11) is 0. The number of halogens is 2. The number of rotatable bonds is 5. The minimum absolute atomic E-state index is 0.0263. The molecular formula is C18H10Br2N2O3. The van der Waals surface area contributed by atoms with E-state index in [9.17, 15) is 15.4 Å². The number of nitriles is 1. The molecule has 0 saturated carbocycles. The van der Waals surface area contributed by atoms with Gasteiger partial charge in [0, 0.05) is 12.1 Å². The molecule has 2 rings (SSSR count). The van der Waals surface area contributed by atoms with E-state index in [-0.39, 0.29) is 12.3 Å². The quantitative estimate of drug-likeness (QED) is 0.202. The van der Waals surface area contributed by atoms with Gasteiger partial charge in [-0.05, 0) is 73.3 Å². The smallest absolute Gasteiger partial charge is 0.269 e. The van der Waals surface area contributed by atoms with E-state index in [1.807, 2.05) is 0 Å². The summed E-state index contributed by atoms with van der Waals surface area (Å²) in [6.07, 6.45) is 6.87. The molecule has 5 nitrogen and oxygen atoms in total. The van der Waals surface area contributed by atoms with Crippen LogP contribution in [0.25, 0.3) is 11.6 Å². The maximum absolute atomic E-state index is 10.7. The van der Waals surface area contributed by atoms with Crippen LogP contribution in [0.5, 0.6) is 5.75 Å². The van der Waals surface area contributed by atoms with Crippen molar-refractivity contribution in [3.8, 4) is 24.2 Å². The average Bonchev–Trinajstić information content (AvgIpc) is 2.59. The predicted molar refractivity (Wildman–Crippen MR) is 103 cm³/mol. The molecule has 0 radical (unpaired) electrons. The highest BCUT2D eigenvalue weighted by atomic mass is 79.9. The zero-order chi connectivity index (χ0) is 18.4. The van der Waals surface area contributed by atoms with E-state index in [0.717, 1.165) is 5.56 Å². The minimum Gasteiger partial charge on any atom is -0.479 e. The van der Waals surface area contributed by atoms with Crippen LogP contribution in [0, 0.1) is 33.8 Å². The first-order valence-corrected chi connectivity index (χ1v) is 8.46. The molecule has 2 aromatic rings. The third kappa shape index (κ3) is 4.69. The van der Waals surface area contributed by atoms with Crippen molar-refractivity contribution in [2.24, 2.45) is 0 Å². The molecule has 0 aliphatic carbocycles. The first-order chi connectivity index (χ1) is 12.0. The van der Waals surface area contributed by atoms with Gasteiger partial charge in [-0.2, -0.15) is 5.26 Å². The molecule has 7 heteroatoms. The second-order valence-electron chi connectivity index (χ2n) is 4.78. The van der Waals surface area contributed by atoms with Crippen molar-refractivity contribution >= 4 is 49.2 Å². The first-order valence-electron chi connectivity index (χ1n) is 6.88. The van der Waals surface area contributed by atoms with Gasteiger partial charge in [-0.25, -0.2) is 0 Å². The Morgan fingerprint density at radius 3 is 2.36 bits per heavy atom. The molecular weight excluding hydrogens is 452 g/mol. The monoisotopic (exact) mass is 460 g/mol. The lowest BCUT2D eigenvalue weighted by molar-refractivity contribution is -0.384. The van der Waals surface area contributed by atoms with Crippen LogP contribution in [0.15, 0.2) is 45.3 Å². The molecule has 0 heterocycles. The number of terminal acetylenes is 1. The number of benzene rings is 2. The predicted octanol–water partition coefficient (Wildman–Crippen LogP) is 5.20. The molecule has 124 valence electrons.